The van der Waals surface area contributed by atoms with Crippen molar-refractivity contribution in [2.45, 2.75) is 12.8 Å². The molecule has 4 heterocycles. The van der Waals surface area contributed by atoms with Crippen LogP contribution in [0.3, 0.4) is 0 Å². The molecule has 5 rings (SSSR count). The molecule has 0 saturated carbocycles. The molecule has 0 radical (unpaired) electrons. The summed E-state index contributed by atoms with van der Waals surface area (Å²) < 4.78 is 6.89. The number of rotatable bonds is 6. The maximum atomic E-state index is 13.0. The second-order valence-electron chi connectivity index (χ2n) is 7.94. The Labute approximate surface area is 195 Å². The highest BCUT2D eigenvalue weighted by molar-refractivity contribution is 7.15. The number of nitrogens with zero attached hydrogens (tertiary/aromatic N) is 5. The standard InChI is InChI=1S/C22H26N7O3S/c1-27-22(29-13-14-3-4-15(32-2)11-16(14)21(29)31)33-20(26-27)19(30)25-17-12-24-6-5-18(17)28-9-7-23-8-10-28/h3-6,11-12,19,23,25,30H,7-10,13H2,1-2H3/q+1. The zero-order valence-electron chi connectivity index (χ0n) is 18.5. The van der Waals surface area contributed by atoms with Gasteiger partial charge in [-0.3, -0.25) is 4.98 Å². The smallest absolute Gasteiger partial charge is 0.366 e. The summed E-state index contributed by atoms with van der Waals surface area (Å²) in [7, 11) is 3.35. The van der Waals surface area contributed by atoms with Crippen molar-refractivity contribution in [3.8, 4) is 5.75 Å². The van der Waals surface area contributed by atoms with Gasteiger partial charge in [-0.15, -0.1) is 4.68 Å². The topological polar surface area (TPSA) is 107 Å². The summed E-state index contributed by atoms with van der Waals surface area (Å²) in [6, 6.07) is 7.47. The van der Waals surface area contributed by atoms with Gasteiger partial charge in [-0.05, 0) is 29.5 Å². The Morgan fingerprint density at radius 3 is 2.91 bits per heavy atom. The number of piperazine rings is 1. The molecule has 0 aliphatic carbocycles. The lowest BCUT2D eigenvalue weighted by Gasteiger charge is -2.31. The molecule has 10 nitrogen and oxygen atoms in total. The van der Waals surface area contributed by atoms with Gasteiger partial charge in [0.25, 0.3) is 0 Å². The summed E-state index contributed by atoms with van der Waals surface area (Å²) in [5.74, 6) is 0.542. The van der Waals surface area contributed by atoms with Crippen LogP contribution < -0.4 is 29.9 Å². The van der Waals surface area contributed by atoms with Crippen molar-refractivity contribution >= 4 is 33.8 Å². The molecule has 172 valence electrons. The largest absolute Gasteiger partial charge is 0.497 e. The van der Waals surface area contributed by atoms with E-state index in [0.29, 0.717) is 28.0 Å². The summed E-state index contributed by atoms with van der Waals surface area (Å²) in [5.41, 5.74) is 3.29. The molecule has 1 saturated heterocycles. The number of hydrogen-bond acceptors (Lipinski definition) is 9. The summed E-state index contributed by atoms with van der Waals surface area (Å²) in [4.78, 5) is 21.2. The average molecular weight is 469 g/mol. The van der Waals surface area contributed by atoms with Gasteiger partial charge in [0.15, 0.2) is 11.2 Å². The molecule has 3 N–H and O–H groups in total. The van der Waals surface area contributed by atoms with Crippen LogP contribution in [-0.2, 0) is 13.6 Å². The number of aromatic nitrogens is 3. The van der Waals surface area contributed by atoms with E-state index in [-0.39, 0.29) is 5.91 Å². The van der Waals surface area contributed by atoms with E-state index in [9.17, 15) is 9.90 Å². The molecule has 1 atom stereocenters. The van der Waals surface area contributed by atoms with Crippen molar-refractivity contribution in [3.05, 3.63) is 52.8 Å². The summed E-state index contributed by atoms with van der Waals surface area (Å²) in [5, 5.41) is 23.0. The van der Waals surface area contributed by atoms with Gasteiger partial charge in [-0.2, -0.15) is 4.90 Å². The van der Waals surface area contributed by atoms with E-state index in [1.54, 1.807) is 42.2 Å². The second kappa shape index (κ2) is 8.93. The third-order valence-corrected chi connectivity index (χ3v) is 7.04. The number of methoxy groups -OCH3 is 1. The fourth-order valence-electron chi connectivity index (χ4n) is 4.16. The van der Waals surface area contributed by atoms with Crippen LogP contribution in [0.2, 0.25) is 0 Å². The number of nitrogens with one attached hydrogen (secondary N) is 2. The fourth-order valence-corrected chi connectivity index (χ4v) is 5.11. The van der Waals surface area contributed by atoms with E-state index in [4.69, 9.17) is 4.74 Å². The van der Waals surface area contributed by atoms with Crippen molar-refractivity contribution in [2.24, 2.45) is 7.05 Å². The number of amides is 1. The third kappa shape index (κ3) is 4.10. The van der Waals surface area contributed by atoms with Crippen LogP contribution in [0.25, 0.3) is 0 Å². The van der Waals surface area contributed by atoms with Crippen LogP contribution in [0, 0.1) is 0 Å². The molecule has 33 heavy (non-hydrogen) atoms. The zero-order valence-corrected chi connectivity index (χ0v) is 19.3. The number of carbonyl (C=O) groups excluding carboxylic acids is 1. The van der Waals surface area contributed by atoms with E-state index in [1.165, 1.54) is 11.3 Å². The minimum Gasteiger partial charge on any atom is -0.497 e. The van der Waals surface area contributed by atoms with E-state index < -0.39 is 6.23 Å². The number of ether oxygens (including phenoxy) is 1. The first-order valence-corrected chi connectivity index (χ1v) is 11.6. The summed E-state index contributed by atoms with van der Waals surface area (Å²) in [6.07, 6.45) is 2.42. The van der Waals surface area contributed by atoms with Gasteiger partial charge in [-0.1, -0.05) is 11.2 Å². The number of anilines is 3. The van der Waals surface area contributed by atoms with Crippen LogP contribution >= 0.6 is 11.3 Å². The molecular formula is C22H26N7O3S+. The highest BCUT2D eigenvalue weighted by Gasteiger charge is 2.39. The number of fused-ring (bicyclic) bond motifs is 1. The predicted molar refractivity (Wildman–Crippen MR) is 125 cm³/mol. The van der Waals surface area contributed by atoms with Gasteiger partial charge < -0.3 is 25.4 Å². The van der Waals surface area contributed by atoms with Gasteiger partial charge in [0, 0.05) is 37.9 Å². The molecule has 1 aromatic carbocycles. The molecule has 2 aliphatic rings. The number of benzene rings is 1. The Hall–Kier alpha value is -3.28. The van der Waals surface area contributed by atoms with Crippen LogP contribution in [0.4, 0.5) is 16.5 Å². The lowest BCUT2D eigenvalue weighted by Crippen LogP contribution is -2.43. The molecule has 0 spiro atoms. The summed E-state index contributed by atoms with van der Waals surface area (Å²) >= 11 is 1.28. The molecule has 1 amide bonds. The Morgan fingerprint density at radius 1 is 1.30 bits per heavy atom. The Balaban J connectivity index is 1.36. The molecule has 1 unspecified atom stereocenters. The number of aliphatic hydroxyl groups excluding tert-OH is 1. The highest BCUT2D eigenvalue weighted by atomic mass is 32.1. The molecule has 3 aromatic rings. The van der Waals surface area contributed by atoms with Crippen LogP contribution in [-0.4, -0.2) is 54.4 Å². The Kier molecular flexibility index (Phi) is 5.83. The summed E-state index contributed by atoms with van der Waals surface area (Å²) in [6.45, 7) is 4.04. The normalized spacial score (nSPS) is 16.6. The SMILES string of the molecule is COc1ccc2c(c1)C(=O)N(c1sc(C(O)Nc3cnccc3N3CCNCC3)n[n+]1C)C2. The number of carbonyl (C=O) groups is 1. The second-order valence-corrected chi connectivity index (χ2v) is 8.93. The number of hydrogen-bond donors (Lipinski definition) is 3. The molecule has 2 aromatic heterocycles. The quantitative estimate of drug-likeness (QED) is 0.364. The van der Waals surface area contributed by atoms with Crippen molar-refractivity contribution in [2.75, 3.05) is 48.4 Å². The monoisotopic (exact) mass is 468 g/mol. The van der Waals surface area contributed by atoms with Gasteiger partial charge in [0.2, 0.25) is 0 Å². The predicted octanol–water partition coefficient (Wildman–Crippen LogP) is 1.04. The lowest BCUT2D eigenvalue weighted by molar-refractivity contribution is -0.714. The minimum absolute atomic E-state index is 0.106. The first-order chi connectivity index (χ1) is 16.0. The highest BCUT2D eigenvalue weighted by Crippen LogP contribution is 2.34. The van der Waals surface area contributed by atoms with Crippen molar-refractivity contribution in [1.82, 2.24) is 15.4 Å². The Bertz CT molecular complexity index is 1180. The van der Waals surface area contributed by atoms with Crippen LogP contribution in [0.5, 0.6) is 5.75 Å². The van der Waals surface area contributed by atoms with Crippen LogP contribution in [0.15, 0.2) is 36.7 Å². The van der Waals surface area contributed by atoms with E-state index in [2.05, 4.69) is 25.6 Å². The first kappa shape index (κ1) is 21.6. The molecule has 11 heteroatoms. The van der Waals surface area contributed by atoms with Crippen molar-refractivity contribution in [1.29, 1.82) is 0 Å². The van der Waals surface area contributed by atoms with E-state index in [1.807, 2.05) is 18.2 Å². The maximum absolute atomic E-state index is 13.0. The Morgan fingerprint density at radius 2 is 2.12 bits per heavy atom. The zero-order chi connectivity index (χ0) is 22.9. The maximum Gasteiger partial charge on any atom is 0.366 e. The van der Waals surface area contributed by atoms with Crippen molar-refractivity contribution in [3.63, 3.8) is 0 Å². The number of pyridine rings is 1. The molecule has 2 aliphatic heterocycles. The average Bonchev–Trinajstić information content (AvgIpc) is 3.39. The van der Waals surface area contributed by atoms with E-state index >= 15 is 0 Å². The molecule has 0 bridgehead atoms. The minimum atomic E-state index is -1.04. The number of aliphatic hydroxyl groups is 1. The van der Waals surface area contributed by atoms with Gasteiger partial charge in [-0.25, -0.2) is 4.79 Å². The molecule has 1 fully saturated rings. The fraction of sp³-hybridized carbons (Fsp3) is 0.364. The van der Waals surface area contributed by atoms with Gasteiger partial charge in [0.05, 0.1) is 30.2 Å². The van der Waals surface area contributed by atoms with Gasteiger partial charge in [0.1, 0.15) is 19.3 Å². The number of aryl methyl sites for hydroxylation is 1. The molecular weight excluding hydrogens is 442 g/mol. The van der Waals surface area contributed by atoms with Crippen molar-refractivity contribution < 1.29 is 19.3 Å². The third-order valence-electron chi connectivity index (χ3n) is 5.86. The van der Waals surface area contributed by atoms with E-state index in [0.717, 1.165) is 43.1 Å². The lowest BCUT2D eigenvalue weighted by atomic mass is 10.1. The van der Waals surface area contributed by atoms with Gasteiger partial charge >= 0.3 is 11.0 Å². The first-order valence-electron chi connectivity index (χ1n) is 10.8. The van der Waals surface area contributed by atoms with Crippen LogP contribution in [0.1, 0.15) is 27.2 Å².